The molecule has 5 heteroatoms. The average Bonchev–Trinajstić information content (AvgIpc) is 3.08. The first-order valence-corrected chi connectivity index (χ1v) is 7.52. The van der Waals surface area contributed by atoms with Crippen molar-refractivity contribution in [3.05, 3.63) is 60.1 Å². The van der Waals surface area contributed by atoms with Crippen LogP contribution in [0.4, 0.5) is 0 Å². The summed E-state index contributed by atoms with van der Waals surface area (Å²) in [6.45, 7) is 3.29. The van der Waals surface area contributed by atoms with E-state index in [1.165, 1.54) is 0 Å². The highest BCUT2D eigenvalue weighted by Gasteiger charge is 2.23. The number of rotatable bonds is 5. The largest absolute Gasteiger partial charge is 0.467 e. The molecule has 1 aliphatic heterocycles. The smallest absolute Gasteiger partial charge is 0.254 e. The van der Waals surface area contributed by atoms with Gasteiger partial charge in [-0.05, 0) is 24.3 Å². The van der Waals surface area contributed by atoms with Gasteiger partial charge in [0.1, 0.15) is 5.76 Å². The minimum atomic E-state index is -0.00817. The second kappa shape index (κ2) is 7.24. The first-order chi connectivity index (χ1) is 10.8. The minimum Gasteiger partial charge on any atom is -0.467 e. The Kier molecular flexibility index (Phi) is 4.88. The summed E-state index contributed by atoms with van der Waals surface area (Å²) in [5, 5.41) is 3.29. The summed E-state index contributed by atoms with van der Waals surface area (Å²) in [4.78, 5) is 14.5. The Hall–Kier alpha value is -2.11. The average molecular weight is 300 g/mol. The summed E-state index contributed by atoms with van der Waals surface area (Å²) < 4.78 is 11.1. The van der Waals surface area contributed by atoms with Crippen molar-refractivity contribution in [3.8, 4) is 0 Å². The Labute approximate surface area is 129 Å². The molecule has 0 spiro atoms. The molecule has 22 heavy (non-hydrogen) atoms. The molecule has 0 radical (unpaired) electrons. The molecule has 0 aliphatic carbocycles. The molecule has 5 nitrogen and oxygen atoms in total. The van der Waals surface area contributed by atoms with Crippen LogP contribution in [0.5, 0.6) is 0 Å². The zero-order valence-electron chi connectivity index (χ0n) is 12.4. The Bertz CT molecular complexity index is 577. The lowest BCUT2D eigenvalue weighted by Gasteiger charge is -2.30. The molecule has 1 aromatic carbocycles. The molecule has 0 bridgehead atoms. The van der Waals surface area contributed by atoms with Crippen LogP contribution < -0.4 is 5.32 Å². The van der Waals surface area contributed by atoms with Crippen molar-refractivity contribution in [1.29, 1.82) is 0 Å². The SMILES string of the molecule is O=C(c1ccccc1)N(Cc1ccco1)CC1CNCCO1. The molecular weight excluding hydrogens is 280 g/mol. The number of ether oxygens (including phenoxy) is 1. The Morgan fingerprint density at radius 1 is 1.23 bits per heavy atom. The van der Waals surface area contributed by atoms with Gasteiger partial charge in [0.05, 0.1) is 25.5 Å². The van der Waals surface area contributed by atoms with E-state index in [2.05, 4.69) is 5.32 Å². The number of nitrogens with zero attached hydrogens (tertiary/aromatic N) is 1. The summed E-state index contributed by atoms with van der Waals surface area (Å²) in [6, 6.07) is 13.0. The van der Waals surface area contributed by atoms with Gasteiger partial charge in [-0.3, -0.25) is 4.79 Å². The van der Waals surface area contributed by atoms with Crippen LogP contribution in [0.15, 0.2) is 53.1 Å². The highest BCUT2D eigenvalue weighted by molar-refractivity contribution is 5.94. The van der Waals surface area contributed by atoms with Crippen molar-refractivity contribution in [2.45, 2.75) is 12.6 Å². The molecule has 1 N–H and O–H groups in total. The molecule has 1 amide bonds. The van der Waals surface area contributed by atoms with Crippen molar-refractivity contribution in [2.24, 2.45) is 0 Å². The Morgan fingerprint density at radius 3 is 2.77 bits per heavy atom. The predicted molar refractivity (Wildman–Crippen MR) is 82.5 cm³/mol. The van der Waals surface area contributed by atoms with Crippen molar-refractivity contribution < 1.29 is 13.9 Å². The number of carbonyl (C=O) groups excluding carboxylic acids is 1. The molecule has 1 saturated heterocycles. The van der Waals surface area contributed by atoms with E-state index in [1.54, 1.807) is 11.2 Å². The van der Waals surface area contributed by atoms with E-state index < -0.39 is 0 Å². The highest BCUT2D eigenvalue weighted by atomic mass is 16.5. The fourth-order valence-electron chi connectivity index (χ4n) is 2.56. The summed E-state index contributed by atoms with van der Waals surface area (Å²) in [6.07, 6.45) is 1.63. The molecule has 0 saturated carbocycles. The van der Waals surface area contributed by atoms with Crippen LogP contribution in [0.2, 0.25) is 0 Å². The van der Waals surface area contributed by atoms with E-state index in [4.69, 9.17) is 9.15 Å². The van der Waals surface area contributed by atoms with Gasteiger partial charge in [-0.25, -0.2) is 0 Å². The molecular formula is C17H20N2O3. The van der Waals surface area contributed by atoms with Gasteiger partial charge in [0.2, 0.25) is 0 Å². The lowest BCUT2D eigenvalue weighted by Crippen LogP contribution is -2.46. The van der Waals surface area contributed by atoms with Crippen molar-refractivity contribution in [2.75, 3.05) is 26.2 Å². The van der Waals surface area contributed by atoms with Crippen molar-refractivity contribution in [1.82, 2.24) is 10.2 Å². The van der Waals surface area contributed by atoms with Crippen LogP contribution in [0, 0.1) is 0 Å². The molecule has 1 aromatic heterocycles. The molecule has 1 aliphatic rings. The van der Waals surface area contributed by atoms with Crippen molar-refractivity contribution >= 4 is 5.91 Å². The molecule has 1 fully saturated rings. The van der Waals surface area contributed by atoms with Gasteiger partial charge in [-0.15, -0.1) is 0 Å². The summed E-state index contributed by atoms with van der Waals surface area (Å²) >= 11 is 0. The van der Waals surface area contributed by atoms with E-state index in [9.17, 15) is 4.79 Å². The lowest BCUT2D eigenvalue weighted by atomic mass is 10.1. The second-order valence-electron chi connectivity index (χ2n) is 5.33. The molecule has 3 rings (SSSR count). The number of hydrogen-bond donors (Lipinski definition) is 1. The topological polar surface area (TPSA) is 54.7 Å². The van der Waals surface area contributed by atoms with Crippen LogP contribution in [0.25, 0.3) is 0 Å². The van der Waals surface area contributed by atoms with Gasteiger partial charge in [0, 0.05) is 25.2 Å². The number of benzene rings is 1. The monoisotopic (exact) mass is 300 g/mol. The molecule has 1 atom stereocenters. The molecule has 2 aromatic rings. The number of hydrogen-bond acceptors (Lipinski definition) is 4. The Morgan fingerprint density at radius 2 is 2.09 bits per heavy atom. The van der Waals surface area contributed by atoms with Gasteiger partial charge in [0.15, 0.2) is 0 Å². The van der Waals surface area contributed by atoms with Crippen LogP contribution in [0.3, 0.4) is 0 Å². The van der Waals surface area contributed by atoms with E-state index in [0.29, 0.717) is 25.3 Å². The van der Waals surface area contributed by atoms with Crippen LogP contribution >= 0.6 is 0 Å². The van der Waals surface area contributed by atoms with Gasteiger partial charge < -0.3 is 19.4 Å². The van der Waals surface area contributed by atoms with Gasteiger partial charge in [0.25, 0.3) is 5.91 Å². The summed E-state index contributed by atoms with van der Waals surface area (Å²) in [5.74, 6) is 0.763. The molecule has 2 heterocycles. The summed E-state index contributed by atoms with van der Waals surface area (Å²) in [5.41, 5.74) is 0.679. The number of carbonyl (C=O) groups is 1. The fourth-order valence-corrected chi connectivity index (χ4v) is 2.56. The molecule has 1 unspecified atom stereocenters. The van der Waals surface area contributed by atoms with Crippen LogP contribution in [-0.2, 0) is 11.3 Å². The fraction of sp³-hybridized carbons (Fsp3) is 0.353. The lowest BCUT2D eigenvalue weighted by molar-refractivity contribution is 0.00412. The number of nitrogens with one attached hydrogen (secondary N) is 1. The highest BCUT2D eigenvalue weighted by Crippen LogP contribution is 2.12. The number of amides is 1. The minimum absolute atomic E-state index is 0.00817. The normalized spacial score (nSPS) is 18.1. The van der Waals surface area contributed by atoms with Crippen LogP contribution in [0.1, 0.15) is 16.1 Å². The predicted octanol–water partition coefficient (Wildman–Crippen LogP) is 1.91. The summed E-state index contributed by atoms with van der Waals surface area (Å²) in [7, 11) is 0. The third-order valence-electron chi connectivity index (χ3n) is 3.66. The Balaban J connectivity index is 1.74. The van der Waals surface area contributed by atoms with E-state index in [0.717, 1.165) is 18.8 Å². The third-order valence-corrected chi connectivity index (χ3v) is 3.66. The quantitative estimate of drug-likeness (QED) is 0.916. The van der Waals surface area contributed by atoms with Crippen molar-refractivity contribution in [3.63, 3.8) is 0 Å². The number of morpholine rings is 1. The number of furan rings is 1. The molecule has 116 valence electrons. The third kappa shape index (κ3) is 3.75. The van der Waals surface area contributed by atoms with Gasteiger partial charge in [-0.1, -0.05) is 18.2 Å². The maximum Gasteiger partial charge on any atom is 0.254 e. The first kappa shape index (κ1) is 14.8. The maximum absolute atomic E-state index is 12.8. The first-order valence-electron chi connectivity index (χ1n) is 7.52. The zero-order valence-corrected chi connectivity index (χ0v) is 12.4. The maximum atomic E-state index is 12.8. The van der Waals surface area contributed by atoms with Crippen LogP contribution in [-0.4, -0.2) is 43.2 Å². The van der Waals surface area contributed by atoms with Gasteiger partial charge in [-0.2, -0.15) is 0 Å². The van der Waals surface area contributed by atoms with E-state index in [1.807, 2.05) is 42.5 Å². The second-order valence-corrected chi connectivity index (χ2v) is 5.33. The van der Waals surface area contributed by atoms with E-state index >= 15 is 0 Å². The van der Waals surface area contributed by atoms with Gasteiger partial charge >= 0.3 is 0 Å². The zero-order chi connectivity index (χ0) is 15.2. The van der Waals surface area contributed by atoms with E-state index in [-0.39, 0.29) is 12.0 Å². The standard InChI is InChI=1S/C17H20N2O3/c20-17(14-5-2-1-3-6-14)19(12-15-7-4-9-21-15)13-16-11-18-8-10-22-16/h1-7,9,16,18H,8,10-13H2.